The molecule has 3 rings (SSSR count). The molecule has 1 aromatic rings. The Bertz CT molecular complexity index is 634. The molecule has 5 nitrogen and oxygen atoms in total. The first kappa shape index (κ1) is 15.9. The summed E-state index contributed by atoms with van der Waals surface area (Å²) in [4.78, 5) is 28.1. The van der Waals surface area contributed by atoms with Crippen LogP contribution in [0.1, 0.15) is 18.4 Å². The molecular weight excluding hydrogens is 299 g/mol. The molecule has 2 heterocycles. The molecule has 2 unspecified atom stereocenters. The van der Waals surface area contributed by atoms with Gasteiger partial charge in [-0.25, -0.2) is 4.39 Å². The van der Waals surface area contributed by atoms with Crippen LogP contribution in [0.3, 0.4) is 0 Å². The molecule has 0 radical (unpaired) electrons. The van der Waals surface area contributed by atoms with Crippen LogP contribution in [0, 0.1) is 24.6 Å². The largest absolute Gasteiger partial charge is 0.396 e. The van der Waals surface area contributed by atoms with E-state index in [1.807, 2.05) is 0 Å². The van der Waals surface area contributed by atoms with E-state index < -0.39 is 0 Å². The lowest BCUT2D eigenvalue weighted by Crippen LogP contribution is -2.36. The fraction of sp³-hybridized carbons (Fsp3) is 0.529. The van der Waals surface area contributed by atoms with Crippen molar-refractivity contribution in [1.29, 1.82) is 0 Å². The number of halogens is 1. The monoisotopic (exact) mass is 320 g/mol. The molecule has 2 fully saturated rings. The van der Waals surface area contributed by atoms with E-state index in [9.17, 15) is 19.1 Å². The summed E-state index contributed by atoms with van der Waals surface area (Å²) in [5.41, 5.74) is 1.12. The van der Waals surface area contributed by atoms with Crippen molar-refractivity contribution in [2.75, 3.05) is 31.1 Å². The number of carbonyl (C=O) groups is 2. The molecule has 1 N–H and O–H groups in total. The van der Waals surface area contributed by atoms with Gasteiger partial charge in [-0.15, -0.1) is 0 Å². The van der Waals surface area contributed by atoms with Crippen molar-refractivity contribution >= 4 is 17.5 Å². The van der Waals surface area contributed by atoms with Gasteiger partial charge in [0.05, 0.1) is 5.92 Å². The summed E-state index contributed by atoms with van der Waals surface area (Å²) in [6.07, 6.45) is 0.999. The zero-order chi connectivity index (χ0) is 16.6. The van der Waals surface area contributed by atoms with Crippen molar-refractivity contribution in [2.24, 2.45) is 11.8 Å². The fourth-order valence-corrected chi connectivity index (χ4v) is 3.36. The number of hydrogen-bond acceptors (Lipinski definition) is 3. The number of benzene rings is 1. The Morgan fingerprint density at radius 3 is 2.83 bits per heavy atom. The number of likely N-dealkylation sites (tertiary alicyclic amines) is 1. The summed E-state index contributed by atoms with van der Waals surface area (Å²) >= 11 is 0. The molecule has 2 aliphatic heterocycles. The van der Waals surface area contributed by atoms with Crippen LogP contribution in [-0.4, -0.2) is 48.1 Å². The van der Waals surface area contributed by atoms with Gasteiger partial charge in [0, 0.05) is 44.3 Å². The van der Waals surface area contributed by atoms with Crippen LogP contribution in [0.5, 0.6) is 0 Å². The molecule has 6 heteroatoms. The van der Waals surface area contributed by atoms with Gasteiger partial charge in [0.1, 0.15) is 5.82 Å². The van der Waals surface area contributed by atoms with Crippen LogP contribution in [0.4, 0.5) is 10.1 Å². The van der Waals surface area contributed by atoms with Gasteiger partial charge in [0.15, 0.2) is 0 Å². The van der Waals surface area contributed by atoms with Crippen molar-refractivity contribution in [3.05, 3.63) is 29.6 Å². The molecule has 124 valence electrons. The van der Waals surface area contributed by atoms with Crippen molar-refractivity contribution in [2.45, 2.75) is 19.8 Å². The van der Waals surface area contributed by atoms with Crippen molar-refractivity contribution in [3.63, 3.8) is 0 Å². The third-order valence-corrected chi connectivity index (χ3v) is 4.78. The third-order valence-electron chi connectivity index (χ3n) is 4.78. The maximum absolute atomic E-state index is 13.4. The van der Waals surface area contributed by atoms with Crippen LogP contribution in [-0.2, 0) is 9.59 Å². The maximum atomic E-state index is 13.4. The highest BCUT2D eigenvalue weighted by Crippen LogP contribution is 2.29. The molecule has 0 saturated carbocycles. The van der Waals surface area contributed by atoms with Crippen LogP contribution >= 0.6 is 0 Å². The van der Waals surface area contributed by atoms with Gasteiger partial charge in [-0.1, -0.05) is 0 Å². The Morgan fingerprint density at radius 1 is 1.39 bits per heavy atom. The number of carbonyl (C=O) groups excluding carboxylic acids is 2. The minimum atomic E-state index is -0.356. The first-order valence-corrected chi connectivity index (χ1v) is 7.95. The number of aliphatic hydroxyl groups is 1. The van der Waals surface area contributed by atoms with E-state index in [1.54, 1.807) is 28.9 Å². The minimum absolute atomic E-state index is 0.0179. The van der Waals surface area contributed by atoms with Crippen molar-refractivity contribution < 1.29 is 19.1 Å². The van der Waals surface area contributed by atoms with Gasteiger partial charge in [0.25, 0.3) is 0 Å². The number of anilines is 1. The van der Waals surface area contributed by atoms with E-state index in [0.717, 1.165) is 6.42 Å². The highest BCUT2D eigenvalue weighted by atomic mass is 19.1. The molecular formula is C17H21FN2O3. The van der Waals surface area contributed by atoms with Gasteiger partial charge < -0.3 is 14.9 Å². The summed E-state index contributed by atoms with van der Waals surface area (Å²) in [5, 5.41) is 9.18. The molecule has 0 spiro atoms. The van der Waals surface area contributed by atoms with Crippen molar-refractivity contribution in [3.8, 4) is 0 Å². The van der Waals surface area contributed by atoms with E-state index in [1.165, 1.54) is 6.07 Å². The molecule has 2 atom stereocenters. The SMILES string of the molecule is Cc1cc(N2CC(C(=O)N3CCC(CO)C3)CC2=O)ccc1F. The van der Waals surface area contributed by atoms with Crippen LogP contribution in [0.15, 0.2) is 18.2 Å². The summed E-state index contributed by atoms with van der Waals surface area (Å²) in [6.45, 7) is 3.29. The predicted molar refractivity (Wildman–Crippen MR) is 83.4 cm³/mol. The number of hydrogen-bond donors (Lipinski definition) is 1. The summed E-state index contributed by atoms with van der Waals surface area (Å²) in [5.74, 6) is -0.639. The Hall–Kier alpha value is -1.95. The summed E-state index contributed by atoms with van der Waals surface area (Å²) in [6, 6.07) is 4.56. The average Bonchev–Trinajstić information content (AvgIpc) is 3.16. The molecule has 2 aliphatic rings. The van der Waals surface area contributed by atoms with E-state index in [-0.39, 0.29) is 42.5 Å². The average molecular weight is 320 g/mol. The smallest absolute Gasteiger partial charge is 0.228 e. The lowest BCUT2D eigenvalue weighted by Gasteiger charge is -2.21. The Morgan fingerprint density at radius 2 is 2.17 bits per heavy atom. The first-order chi connectivity index (χ1) is 11.0. The van der Waals surface area contributed by atoms with Crippen LogP contribution in [0.2, 0.25) is 0 Å². The maximum Gasteiger partial charge on any atom is 0.228 e. The highest BCUT2D eigenvalue weighted by molar-refractivity contribution is 6.00. The second-order valence-corrected chi connectivity index (χ2v) is 6.46. The third kappa shape index (κ3) is 3.08. The second kappa shape index (κ2) is 6.28. The van der Waals surface area contributed by atoms with Gasteiger partial charge in [-0.2, -0.15) is 0 Å². The lowest BCUT2D eigenvalue weighted by molar-refractivity contribution is -0.134. The number of aryl methyl sites for hydroxylation is 1. The Balaban J connectivity index is 1.69. The second-order valence-electron chi connectivity index (χ2n) is 6.46. The Labute approximate surface area is 134 Å². The van der Waals surface area contributed by atoms with Gasteiger partial charge in [0.2, 0.25) is 11.8 Å². The van der Waals surface area contributed by atoms with Gasteiger partial charge >= 0.3 is 0 Å². The first-order valence-electron chi connectivity index (χ1n) is 7.95. The van der Waals surface area contributed by atoms with Gasteiger partial charge in [-0.3, -0.25) is 9.59 Å². The van der Waals surface area contributed by atoms with E-state index >= 15 is 0 Å². The molecule has 0 bridgehead atoms. The minimum Gasteiger partial charge on any atom is -0.396 e. The fourth-order valence-electron chi connectivity index (χ4n) is 3.36. The zero-order valence-electron chi connectivity index (χ0n) is 13.2. The number of amides is 2. The number of nitrogens with zero attached hydrogens (tertiary/aromatic N) is 2. The normalized spacial score (nSPS) is 24.6. The van der Waals surface area contributed by atoms with E-state index in [0.29, 0.717) is 30.9 Å². The quantitative estimate of drug-likeness (QED) is 0.914. The Kier molecular flexibility index (Phi) is 4.35. The lowest BCUT2D eigenvalue weighted by atomic mass is 10.1. The predicted octanol–water partition coefficient (Wildman–Crippen LogP) is 1.33. The molecule has 0 aromatic heterocycles. The number of aliphatic hydroxyl groups excluding tert-OH is 1. The summed E-state index contributed by atoms with van der Waals surface area (Å²) in [7, 11) is 0. The standard InChI is InChI=1S/C17H21FN2O3/c1-11-6-14(2-3-15(11)18)20-9-13(7-16(20)22)17(23)19-5-4-12(8-19)10-21/h2-3,6,12-13,21H,4-5,7-10H2,1H3. The van der Waals surface area contributed by atoms with Gasteiger partial charge in [-0.05, 0) is 37.1 Å². The van der Waals surface area contributed by atoms with Crippen molar-refractivity contribution in [1.82, 2.24) is 4.90 Å². The molecule has 0 aliphatic carbocycles. The zero-order valence-corrected chi connectivity index (χ0v) is 13.2. The highest BCUT2D eigenvalue weighted by Gasteiger charge is 2.39. The van der Waals surface area contributed by atoms with Crippen LogP contribution < -0.4 is 4.90 Å². The topological polar surface area (TPSA) is 60.9 Å². The molecule has 2 saturated heterocycles. The number of rotatable bonds is 3. The summed E-state index contributed by atoms with van der Waals surface area (Å²) < 4.78 is 13.4. The molecule has 2 amide bonds. The van der Waals surface area contributed by atoms with E-state index in [4.69, 9.17) is 0 Å². The van der Waals surface area contributed by atoms with E-state index in [2.05, 4.69) is 0 Å². The molecule has 1 aromatic carbocycles. The molecule has 23 heavy (non-hydrogen) atoms. The van der Waals surface area contributed by atoms with Crippen LogP contribution in [0.25, 0.3) is 0 Å².